The van der Waals surface area contributed by atoms with Crippen LogP contribution in [0.1, 0.15) is 32.1 Å². The van der Waals surface area contributed by atoms with Crippen LogP contribution in [-0.2, 0) is 5.54 Å². The second kappa shape index (κ2) is 3.56. The molecule has 1 saturated heterocycles. The molecule has 3 rings (SSSR count). The van der Waals surface area contributed by atoms with Crippen molar-refractivity contribution in [2.24, 2.45) is 0 Å². The van der Waals surface area contributed by atoms with E-state index in [9.17, 15) is 0 Å². The van der Waals surface area contributed by atoms with Gasteiger partial charge in [-0.3, -0.25) is 0 Å². The summed E-state index contributed by atoms with van der Waals surface area (Å²) < 4.78 is 5.81. The molecule has 1 N–H and O–H groups in total. The summed E-state index contributed by atoms with van der Waals surface area (Å²) in [5.41, 5.74) is 1.42. The molecule has 0 radical (unpaired) electrons. The van der Waals surface area contributed by atoms with Crippen molar-refractivity contribution >= 4 is 11.2 Å². The fraction of sp³-hybridized carbons (Fsp3) is 0.500. The van der Waals surface area contributed by atoms with Crippen molar-refractivity contribution in [3.8, 4) is 0 Å². The summed E-state index contributed by atoms with van der Waals surface area (Å²) in [6.45, 7) is 3.21. The number of oxazole rings is 1. The average molecular weight is 217 g/mol. The molecule has 0 bridgehead atoms. The minimum atomic E-state index is -0.0688. The van der Waals surface area contributed by atoms with Crippen LogP contribution in [0.15, 0.2) is 22.7 Å². The first kappa shape index (κ1) is 9.78. The molecule has 4 heteroatoms. The van der Waals surface area contributed by atoms with E-state index in [1.165, 1.54) is 6.42 Å². The van der Waals surface area contributed by atoms with Gasteiger partial charge in [-0.05, 0) is 37.9 Å². The fourth-order valence-electron chi connectivity index (χ4n) is 2.42. The van der Waals surface area contributed by atoms with E-state index < -0.39 is 0 Å². The molecule has 1 fully saturated rings. The summed E-state index contributed by atoms with van der Waals surface area (Å²) >= 11 is 0. The topological polar surface area (TPSA) is 51.0 Å². The molecule has 0 saturated carbocycles. The van der Waals surface area contributed by atoms with E-state index in [1.54, 1.807) is 6.20 Å². The molecule has 3 heterocycles. The van der Waals surface area contributed by atoms with Crippen LogP contribution in [0.25, 0.3) is 11.2 Å². The van der Waals surface area contributed by atoms with Gasteiger partial charge in [0.25, 0.3) is 0 Å². The third-order valence-corrected chi connectivity index (χ3v) is 3.42. The molecule has 2 aromatic rings. The molecule has 2 aromatic heterocycles. The first-order chi connectivity index (χ1) is 7.84. The summed E-state index contributed by atoms with van der Waals surface area (Å²) in [7, 11) is 0. The van der Waals surface area contributed by atoms with E-state index in [0.717, 1.165) is 30.9 Å². The molecule has 1 aliphatic rings. The molecule has 0 amide bonds. The molecular weight excluding hydrogens is 202 g/mol. The molecular formula is C12H15N3O. The second-order valence-corrected chi connectivity index (χ2v) is 4.31. The quantitative estimate of drug-likeness (QED) is 0.838. The van der Waals surface area contributed by atoms with E-state index in [2.05, 4.69) is 22.2 Å². The molecule has 0 aliphatic carbocycles. The minimum absolute atomic E-state index is 0.0688. The molecule has 0 aromatic carbocycles. The Morgan fingerprint density at radius 1 is 1.56 bits per heavy atom. The maximum Gasteiger partial charge on any atom is 0.217 e. The van der Waals surface area contributed by atoms with Crippen LogP contribution in [0.5, 0.6) is 0 Å². The highest BCUT2D eigenvalue weighted by molar-refractivity contribution is 5.67. The van der Waals surface area contributed by atoms with Crippen molar-refractivity contribution in [3.63, 3.8) is 0 Å². The van der Waals surface area contributed by atoms with Crippen molar-refractivity contribution in [1.82, 2.24) is 15.3 Å². The highest BCUT2D eigenvalue weighted by Gasteiger charge is 2.38. The number of aromatic nitrogens is 2. The van der Waals surface area contributed by atoms with E-state index in [-0.39, 0.29) is 5.54 Å². The Morgan fingerprint density at radius 3 is 3.19 bits per heavy atom. The number of hydrogen-bond acceptors (Lipinski definition) is 4. The zero-order valence-corrected chi connectivity index (χ0v) is 9.36. The van der Waals surface area contributed by atoms with Crippen molar-refractivity contribution in [2.45, 2.75) is 31.7 Å². The Kier molecular flexibility index (Phi) is 2.17. The number of nitrogens with zero attached hydrogens (tertiary/aromatic N) is 2. The Morgan fingerprint density at radius 2 is 2.50 bits per heavy atom. The van der Waals surface area contributed by atoms with Gasteiger partial charge in [-0.15, -0.1) is 0 Å². The lowest BCUT2D eigenvalue weighted by atomic mass is 9.94. The van der Waals surface area contributed by atoms with Crippen LogP contribution >= 0.6 is 0 Å². The summed E-state index contributed by atoms with van der Waals surface area (Å²) in [6.07, 6.45) is 5.02. The van der Waals surface area contributed by atoms with E-state index in [1.807, 2.05) is 12.1 Å². The normalized spacial score (nSPS) is 25.3. The van der Waals surface area contributed by atoms with Gasteiger partial charge in [-0.1, -0.05) is 6.92 Å². The lowest BCUT2D eigenvalue weighted by Crippen LogP contribution is -2.36. The van der Waals surface area contributed by atoms with Crippen LogP contribution in [-0.4, -0.2) is 16.5 Å². The number of nitrogens with one attached hydrogen (secondary N) is 1. The molecule has 1 unspecified atom stereocenters. The average Bonchev–Trinajstić information content (AvgIpc) is 2.96. The Hall–Kier alpha value is -1.42. The van der Waals surface area contributed by atoms with Crippen molar-refractivity contribution < 1.29 is 4.42 Å². The van der Waals surface area contributed by atoms with Gasteiger partial charge in [0, 0.05) is 6.20 Å². The van der Waals surface area contributed by atoms with Crippen LogP contribution in [0, 0.1) is 0 Å². The standard InChI is InChI=1S/C12H15N3O/c1-2-12(6-4-8-14-12)11-15-10-9(16-11)5-3-7-13-10/h3,5,7,14H,2,4,6,8H2,1H3. The Bertz CT molecular complexity index is 467. The Labute approximate surface area is 94.1 Å². The predicted molar refractivity (Wildman–Crippen MR) is 61.0 cm³/mol. The Balaban J connectivity index is 2.10. The summed E-state index contributed by atoms with van der Waals surface area (Å²) in [4.78, 5) is 8.70. The lowest BCUT2D eigenvalue weighted by Gasteiger charge is -2.23. The minimum Gasteiger partial charge on any atom is -0.437 e. The molecule has 1 aliphatic heterocycles. The maximum absolute atomic E-state index is 5.81. The van der Waals surface area contributed by atoms with Gasteiger partial charge in [0.1, 0.15) is 0 Å². The van der Waals surface area contributed by atoms with Crippen molar-refractivity contribution in [1.29, 1.82) is 0 Å². The van der Waals surface area contributed by atoms with Gasteiger partial charge in [-0.25, -0.2) is 4.98 Å². The van der Waals surface area contributed by atoms with Crippen LogP contribution < -0.4 is 5.32 Å². The predicted octanol–water partition coefficient (Wildman–Crippen LogP) is 2.21. The number of hydrogen-bond donors (Lipinski definition) is 1. The number of rotatable bonds is 2. The summed E-state index contributed by atoms with van der Waals surface area (Å²) in [6, 6.07) is 3.79. The third kappa shape index (κ3) is 1.33. The van der Waals surface area contributed by atoms with Gasteiger partial charge < -0.3 is 9.73 Å². The monoisotopic (exact) mass is 217 g/mol. The first-order valence-corrected chi connectivity index (χ1v) is 5.81. The van der Waals surface area contributed by atoms with Crippen LogP contribution in [0.2, 0.25) is 0 Å². The summed E-state index contributed by atoms with van der Waals surface area (Å²) in [5.74, 6) is 0.793. The van der Waals surface area contributed by atoms with Crippen molar-refractivity contribution in [2.75, 3.05) is 6.54 Å². The summed E-state index contributed by atoms with van der Waals surface area (Å²) in [5, 5.41) is 3.51. The van der Waals surface area contributed by atoms with E-state index >= 15 is 0 Å². The van der Waals surface area contributed by atoms with E-state index in [4.69, 9.17) is 4.42 Å². The smallest absolute Gasteiger partial charge is 0.217 e. The third-order valence-electron chi connectivity index (χ3n) is 3.42. The second-order valence-electron chi connectivity index (χ2n) is 4.31. The first-order valence-electron chi connectivity index (χ1n) is 5.81. The van der Waals surface area contributed by atoms with E-state index in [0.29, 0.717) is 5.65 Å². The largest absolute Gasteiger partial charge is 0.437 e. The number of pyridine rings is 1. The van der Waals surface area contributed by atoms with Gasteiger partial charge in [-0.2, -0.15) is 4.98 Å². The zero-order chi connectivity index (χ0) is 11.0. The molecule has 0 spiro atoms. The number of fused-ring (bicyclic) bond motifs is 1. The van der Waals surface area contributed by atoms with Gasteiger partial charge in [0.15, 0.2) is 11.2 Å². The lowest BCUT2D eigenvalue weighted by molar-refractivity contribution is 0.292. The van der Waals surface area contributed by atoms with Crippen molar-refractivity contribution in [3.05, 3.63) is 24.2 Å². The molecule has 16 heavy (non-hydrogen) atoms. The van der Waals surface area contributed by atoms with Gasteiger partial charge in [0.05, 0.1) is 5.54 Å². The molecule has 1 atom stereocenters. The highest BCUT2D eigenvalue weighted by Crippen LogP contribution is 2.34. The zero-order valence-electron chi connectivity index (χ0n) is 9.36. The molecule has 4 nitrogen and oxygen atoms in total. The van der Waals surface area contributed by atoms with Crippen LogP contribution in [0.4, 0.5) is 0 Å². The SMILES string of the molecule is CCC1(c2nc3ncccc3o2)CCCN1. The van der Waals surface area contributed by atoms with Gasteiger partial charge in [0.2, 0.25) is 5.89 Å². The maximum atomic E-state index is 5.81. The fourth-order valence-corrected chi connectivity index (χ4v) is 2.42. The van der Waals surface area contributed by atoms with Gasteiger partial charge >= 0.3 is 0 Å². The van der Waals surface area contributed by atoms with Crippen LogP contribution in [0.3, 0.4) is 0 Å². The molecule has 84 valence electrons. The highest BCUT2D eigenvalue weighted by atomic mass is 16.4.